The van der Waals surface area contributed by atoms with Crippen molar-refractivity contribution in [2.75, 3.05) is 0 Å². The summed E-state index contributed by atoms with van der Waals surface area (Å²) in [6.45, 7) is 0. The third-order valence-electron chi connectivity index (χ3n) is 2.19. The van der Waals surface area contributed by atoms with Crippen molar-refractivity contribution in [1.29, 1.82) is 0 Å². The predicted molar refractivity (Wildman–Crippen MR) is 51.8 cm³/mol. The standard InChI is InChI=1S/C9H10NO2P/c11-8-3-1-2-7-6(8)4-5-9(10-7)12-13/h4-5H,1-3,13H2. The van der Waals surface area contributed by atoms with Gasteiger partial charge in [0.05, 0.1) is 15.2 Å². The summed E-state index contributed by atoms with van der Waals surface area (Å²) in [5.41, 5.74) is 1.63. The lowest BCUT2D eigenvalue weighted by Crippen LogP contribution is -2.12. The third-order valence-corrected chi connectivity index (χ3v) is 2.43. The highest BCUT2D eigenvalue weighted by Crippen LogP contribution is 2.22. The number of fused-ring (bicyclic) bond motifs is 1. The van der Waals surface area contributed by atoms with Gasteiger partial charge in [-0.15, -0.1) is 0 Å². The number of ketones is 1. The number of carbonyl (C=O) groups excluding carboxylic acids is 1. The van der Waals surface area contributed by atoms with Gasteiger partial charge in [0, 0.05) is 18.1 Å². The summed E-state index contributed by atoms with van der Waals surface area (Å²) in [7, 11) is 2.15. The molecule has 13 heavy (non-hydrogen) atoms. The van der Waals surface area contributed by atoms with Crippen molar-refractivity contribution in [2.45, 2.75) is 19.3 Å². The molecule has 1 aromatic heterocycles. The van der Waals surface area contributed by atoms with Crippen LogP contribution in [0.4, 0.5) is 0 Å². The second-order valence-corrected chi connectivity index (χ2v) is 3.27. The molecule has 0 spiro atoms. The molecule has 1 atom stereocenters. The first-order valence-electron chi connectivity index (χ1n) is 4.21. The largest absolute Gasteiger partial charge is 0.463 e. The summed E-state index contributed by atoms with van der Waals surface area (Å²) in [6, 6.07) is 3.51. The van der Waals surface area contributed by atoms with Crippen molar-refractivity contribution in [3.63, 3.8) is 0 Å². The molecule has 0 saturated heterocycles. The van der Waals surface area contributed by atoms with Gasteiger partial charge in [-0.1, -0.05) is 0 Å². The normalized spacial score (nSPS) is 15.3. The molecule has 0 radical (unpaired) electrons. The highest BCUT2D eigenvalue weighted by molar-refractivity contribution is 7.10. The second kappa shape index (κ2) is 3.43. The topological polar surface area (TPSA) is 39.2 Å². The molecule has 0 saturated carbocycles. The Balaban J connectivity index is 2.45. The van der Waals surface area contributed by atoms with Crippen LogP contribution >= 0.6 is 9.47 Å². The molecule has 1 aliphatic rings. The van der Waals surface area contributed by atoms with E-state index in [-0.39, 0.29) is 5.78 Å². The van der Waals surface area contributed by atoms with Crippen LogP contribution in [-0.2, 0) is 6.42 Å². The minimum Gasteiger partial charge on any atom is -0.463 e. The molecule has 3 nitrogen and oxygen atoms in total. The maximum absolute atomic E-state index is 11.4. The van der Waals surface area contributed by atoms with Gasteiger partial charge >= 0.3 is 0 Å². The number of hydrogen-bond acceptors (Lipinski definition) is 3. The van der Waals surface area contributed by atoms with Gasteiger partial charge in [0.2, 0.25) is 5.88 Å². The molecule has 0 aliphatic heterocycles. The molecule has 1 heterocycles. The molecule has 0 fully saturated rings. The van der Waals surface area contributed by atoms with Gasteiger partial charge in [-0.25, -0.2) is 4.98 Å². The van der Waals surface area contributed by atoms with E-state index in [0.29, 0.717) is 12.3 Å². The van der Waals surface area contributed by atoms with Crippen LogP contribution in [0, 0.1) is 0 Å². The number of pyridine rings is 1. The Kier molecular flexibility index (Phi) is 2.28. The Morgan fingerprint density at radius 1 is 1.38 bits per heavy atom. The van der Waals surface area contributed by atoms with E-state index in [2.05, 4.69) is 14.5 Å². The smallest absolute Gasteiger partial charge is 0.215 e. The fraction of sp³-hybridized carbons (Fsp3) is 0.333. The molecule has 68 valence electrons. The SMILES string of the molecule is O=C1CCCc2nc(OP)ccc21. The molecule has 1 aromatic rings. The number of rotatable bonds is 1. The zero-order chi connectivity index (χ0) is 9.26. The average molecular weight is 195 g/mol. The first-order chi connectivity index (χ1) is 6.31. The number of carbonyl (C=O) groups is 1. The number of aryl methyl sites for hydroxylation is 1. The van der Waals surface area contributed by atoms with Crippen LogP contribution < -0.4 is 4.52 Å². The van der Waals surface area contributed by atoms with Gasteiger partial charge < -0.3 is 4.52 Å². The second-order valence-electron chi connectivity index (χ2n) is 3.04. The Morgan fingerprint density at radius 2 is 2.23 bits per heavy atom. The summed E-state index contributed by atoms with van der Waals surface area (Å²) in [5, 5.41) is 0. The van der Waals surface area contributed by atoms with E-state index in [0.717, 1.165) is 24.1 Å². The number of aromatic nitrogens is 1. The van der Waals surface area contributed by atoms with Gasteiger partial charge in [0.25, 0.3) is 0 Å². The molecule has 0 bridgehead atoms. The highest BCUT2D eigenvalue weighted by atomic mass is 31.0. The molecule has 2 rings (SSSR count). The van der Waals surface area contributed by atoms with Crippen molar-refractivity contribution in [1.82, 2.24) is 4.98 Å². The van der Waals surface area contributed by atoms with E-state index in [9.17, 15) is 4.79 Å². The number of Topliss-reactive ketones (excluding diaryl/α,β-unsaturated/α-hetero) is 1. The van der Waals surface area contributed by atoms with Crippen LogP contribution in [0.5, 0.6) is 5.88 Å². The zero-order valence-corrected chi connectivity index (χ0v) is 8.27. The molecular weight excluding hydrogens is 185 g/mol. The summed E-state index contributed by atoms with van der Waals surface area (Å²) >= 11 is 0. The van der Waals surface area contributed by atoms with Crippen LogP contribution in [0.1, 0.15) is 28.9 Å². The van der Waals surface area contributed by atoms with Crippen molar-refractivity contribution >= 4 is 15.2 Å². The molecule has 1 unspecified atom stereocenters. The fourth-order valence-electron chi connectivity index (χ4n) is 1.54. The lowest BCUT2D eigenvalue weighted by Gasteiger charge is -2.13. The van der Waals surface area contributed by atoms with Crippen molar-refractivity contribution < 1.29 is 9.32 Å². The monoisotopic (exact) mass is 195 g/mol. The maximum atomic E-state index is 11.4. The molecule has 1 aliphatic carbocycles. The average Bonchev–Trinajstić information content (AvgIpc) is 2.18. The Bertz CT molecular complexity index is 351. The summed E-state index contributed by atoms with van der Waals surface area (Å²) < 4.78 is 4.91. The van der Waals surface area contributed by atoms with Crippen molar-refractivity contribution in [2.24, 2.45) is 0 Å². The minimum atomic E-state index is 0.198. The van der Waals surface area contributed by atoms with Gasteiger partial charge in [-0.2, -0.15) is 0 Å². The summed E-state index contributed by atoms with van der Waals surface area (Å²) in [6.07, 6.45) is 2.43. The number of nitrogens with zero attached hydrogens (tertiary/aromatic N) is 1. The van der Waals surface area contributed by atoms with Gasteiger partial charge in [0.1, 0.15) is 0 Å². The van der Waals surface area contributed by atoms with Crippen LogP contribution in [0.25, 0.3) is 0 Å². The van der Waals surface area contributed by atoms with E-state index >= 15 is 0 Å². The first-order valence-corrected chi connectivity index (χ1v) is 4.68. The molecular formula is C9H10NO2P. The highest BCUT2D eigenvalue weighted by Gasteiger charge is 2.18. The van der Waals surface area contributed by atoms with Crippen LogP contribution in [0.3, 0.4) is 0 Å². The quantitative estimate of drug-likeness (QED) is 0.641. The minimum absolute atomic E-state index is 0.198. The summed E-state index contributed by atoms with van der Waals surface area (Å²) in [5.74, 6) is 0.752. The van der Waals surface area contributed by atoms with Crippen LogP contribution in [-0.4, -0.2) is 10.8 Å². The molecule has 4 heteroatoms. The third kappa shape index (κ3) is 1.56. The molecule has 0 N–H and O–H groups in total. The van der Waals surface area contributed by atoms with E-state index < -0.39 is 0 Å². The zero-order valence-electron chi connectivity index (χ0n) is 7.12. The molecule has 0 aromatic carbocycles. The van der Waals surface area contributed by atoms with E-state index in [4.69, 9.17) is 4.52 Å². The van der Waals surface area contributed by atoms with Crippen molar-refractivity contribution in [3.05, 3.63) is 23.4 Å². The first kappa shape index (κ1) is 8.64. The fourth-order valence-corrected chi connectivity index (χ4v) is 1.67. The van der Waals surface area contributed by atoms with E-state index in [1.807, 2.05) is 0 Å². The predicted octanol–water partition coefficient (Wildman–Crippen LogP) is 1.77. The lowest BCUT2D eigenvalue weighted by molar-refractivity contribution is 0.0971. The molecule has 0 amide bonds. The number of hydrogen-bond donors (Lipinski definition) is 0. The van der Waals surface area contributed by atoms with Crippen LogP contribution in [0.2, 0.25) is 0 Å². The van der Waals surface area contributed by atoms with Crippen LogP contribution in [0.15, 0.2) is 12.1 Å². The van der Waals surface area contributed by atoms with Crippen molar-refractivity contribution in [3.8, 4) is 5.88 Å². The lowest BCUT2D eigenvalue weighted by atomic mass is 9.95. The Morgan fingerprint density at radius 3 is 3.00 bits per heavy atom. The van der Waals surface area contributed by atoms with Gasteiger partial charge in [0.15, 0.2) is 5.78 Å². The Hall–Kier alpha value is -0.950. The summed E-state index contributed by atoms with van der Waals surface area (Å²) in [4.78, 5) is 15.6. The van der Waals surface area contributed by atoms with E-state index in [1.54, 1.807) is 12.1 Å². The Labute approximate surface area is 78.8 Å². The van der Waals surface area contributed by atoms with Gasteiger partial charge in [-0.05, 0) is 18.9 Å². The maximum Gasteiger partial charge on any atom is 0.215 e. The van der Waals surface area contributed by atoms with E-state index in [1.165, 1.54) is 0 Å². The van der Waals surface area contributed by atoms with Gasteiger partial charge in [-0.3, -0.25) is 4.79 Å².